The Bertz CT molecular complexity index is 950. The number of nitrogens with one attached hydrogen (secondary N) is 1. The highest BCUT2D eigenvalue weighted by Gasteiger charge is 2.08. The summed E-state index contributed by atoms with van der Waals surface area (Å²) < 4.78 is 6.65. The van der Waals surface area contributed by atoms with E-state index in [-0.39, 0.29) is 12.5 Å². The first-order valence-electron chi connectivity index (χ1n) is 7.74. The van der Waals surface area contributed by atoms with Gasteiger partial charge >= 0.3 is 11.2 Å². The monoisotopic (exact) mass is 357 g/mol. The molecular formula is C18H16ClN3O3. The number of aryl methyl sites for hydroxylation is 2. The van der Waals surface area contributed by atoms with Gasteiger partial charge in [-0.25, -0.2) is 9.48 Å². The maximum Gasteiger partial charge on any atom is 0.344 e. The van der Waals surface area contributed by atoms with Crippen molar-refractivity contribution in [3.8, 4) is 5.88 Å². The quantitative estimate of drug-likeness (QED) is 0.735. The molecular weight excluding hydrogens is 342 g/mol. The molecule has 0 radical (unpaired) electrons. The summed E-state index contributed by atoms with van der Waals surface area (Å²) in [6, 6.07) is 16.7. The number of aromatic nitrogens is 3. The number of hydrogen-bond acceptors (Lipinski definition) is 4. The second-order valence-electron chi connectivity index (χ2n) is 5.44. The van der Waals surface area contributed by atoms with Gasteiger partial charge in [0.05, 0.1) is 6.54 Å². The van der Waals surface area contributed by atoms with Crippen molar-refractivity contribution in [2.24, 2.45) is 0 Å². The average Bonchev–Trinajstić information content (AvgIpc) is 2.62. The van der Waals surface area contributed by atoms with Crippen molar-refractivity contribution in [3.63, 3.8) is 0 Å². The van der Waals surface area contributed by atoms with Gasteiger partial charge in [0.15, 0.2) is 0 Å². The molecule has 1 aromatic heterocycles. The van der Waals surface area contributed by atoms with E-state index in [0.29, 0.717) is 18.0 Å². The van der Waals surface area contributed by atoms with Crippen molar-refractivity contribution < 1.29 is 4.74 Å². The molecule has 1 heterocycles. The molecule has 0 aliphatic rings. The zero-order chi connectivity index (χ0) is 17.6. The van der Waals surface area contributed by atoms with Gasteiger partial charge in [-0.15, -0.1) is 5.10 Å². The fraction of sp³-hybridized carbons (Fsp3) is 0.167. The molecule has 25 heavy (non-hydrogen) atoms. The van der Waals surface area contributed by atoms with Crippen LogP contribution >= 0.6 is 11.6 Å². The maximum atomic E-state index is 11.9. The van der Waals surface area contributed by atoms with Crippen LogP contribution in [0.1, 0.15) is 11.1 Å². The number of ether oxygens (including phenoxy) is 1. The SMILES string of the molecule is O=c1[nH]c(=O)n(CCc2ccc(Cl)cc2)nc1OCc1ccccc1. The van der Waals surface area contributed by atoms with E-state index < -0.39 is 11.2 Å². The summed E-state index contributed by atoms with van der Waals surface area (Å²) >= 11 is 5.85. The number of H-pyrrole nitrogens is 1. The summed E-state index contributed by atoms with van der Waals surface area (Å²) in [6.07, 6.45) is 0.578. The Morgan fingerprint density at radius 1 is 1.00 bits per heavy atom. The van der Waals surface area contributed by atoms with E-state index in [2.05, 4.69) is 10.1 Å². The molecule has 3 aromatic rings. The highest BCUT2D eigenvalue weighted by atomic mass is 35.5. The van der Waals surface area contributed by atoms with Crippen molar-refractivity contribution in [2.45, 2.75) is 19.6 Å². The minimum Gasteiger partial charge on any atom is -0.468 e. The van der Waals surface area contributed by atoms with Gasteiger partial charge in [0.25, 0.3) is 5.88 Å². The minimum atomic E-state index is -0.635. The van der Waals surface area contributed by atoms with Crippen LogP contribution in [-0.2, 0) is 19.6 Å². The fourth-order valence-electron chi connectivity index (χ4n) is 2.27. The summed E-state index contributed by atoms with van der Waals surface area (Å²) in [5, 5.41) is 4.68. The molecule has 0 fully saturated rings. The fourth-order valence-corrected chi connectivity index (χ4v) is 2.40. The molecule has 0 saturated carbocycles. The molecule has 0 atom stereocenters. The van der Waals surface area contributed by atoms with E-state index in [4.69, 9.17) is 16.3 Å². The molecule has 128 valence electrons. The molecule has 0 unspecified atom stereocenters. The summed E-state index contributed by atoms with van der Waals surface area (Å²) in [7, 11) is 0. The predicted molar refractivity (Wildman–Crippen MR) is 95.0 cm³/mol. The molecule has 3 rings (SSSR count). The van der Waals surface area contributed by atoms with Crippen LogP contribution in [0.3, 0.4) is 0 Å². The normalized spacial score (nSPS) is 10.6. The van der Waals surface area contributed by atoms with E-state index in [9.17, 15) is 9.59 Å². The highest BCUT2D eigenvalue weighted by molar-refractivity contribution is 6.30. The van der Waals surface area contributed by atoms with Gasteiger partial charge in [0.2, 0.25) is 0 Å². The third kappa shape index (κ3) is 4.58. The van der Waals surface area contributed by atoms with Gasteiger partial charge in [-0.3, -0.25) is 9.78 Å². The van der Waals surface area contributed by atoms with E-state index in [1.807, 2.05) is 42.5 Å². The Labute approximate surface area is 148 Å². The van der Waals surface area contributed by atoms with E-state index >= 15 is 0 Å². The Kier molecular flexibility index (Phi) is 5.30. The molecule has 6 nitrogen and oxygen atoms in total. The molecule has 7 heteroatoms. The van der Waals surface area contributed by atoms with Crippen LogP contribution in [0.4, 0.5) is 0 Å². The van der Waals surface area contributed by atoms with E-state index in [1.54, 1.807) is 12.1 Å². The summed E-state index contributed by atoms with van der Waals surface area (Å²) in [5.74, 6) is -0.125. The lowest BCUT2D eigenvalue weighted by atomic mass is 10.1. The zero-order valence-electron chi connectivity index (χ0n) is 13.3. The Balaban J connectivity index is 1.72. The van der Waals surface area contributed by atoms with Crippen LogP contribution in [0.2, 0.25) is 5.02 Å². The van der Waals surface area contributed by atoms with Gasteiger partial charge in [-0.2, -0.15) is 0 Å². The second-order valence-corrected chi connectivity index (χ2v) is 5.87. The first-order valence-corrected chi connectivity index (χ1v) is 8.12. The van der Waals surface area contributed by atoms with Crippen LogP contribution in [0, 0.1) is 0 Å². The number of benzene rings is 2. The van der Waals surface area contributed by atoms with Crippen molar-refractivity contribution in [1.82, 2.24) is 14.8 Å². The number of halogens is 1. The predicted octanol–water partition coefficient (Wildman–Crippen LogP) is 2.41. The van der Waals surface area contributed by atoms with Gasteiger partial charge in [-0.05, 0) is 29.7 Å². The van der Waals surface area contributed by atoms with Gasteiger partial charge in [-0.1, -0.05) is 54.1 Å². The largest absolute Gasteiger partial charge is 0.468 e. The lowest BCUT2D eigenvalue weighted by Crippen LogP contribution is -2.33. The summed E-state index contributed by atoms with van der Waals surface area (Å²) in [5.41, 5.74) is 0.716. The van der Waals surface area contributed by atoms with Crippen molar-refractivity contribution >= 4 is 11.6 Å². The molecule has 0 amide bonds. The summed E-state index contributed by atoms with van der Waals surface area (Å²) in [4.78, 5) is 26.0. The molecule has 0 aliphatic carbocycles. The maximum absolute atomic E-state index is 11.9. The van der Waals surface area contributed by atoms with Crippen LogP contribution in [0.5, 0.6) is 5.88 Å². The van der Waals surface area contributed by atoms with Gasteiger partial charge in [0, 0.05) is 5.02 Å². The Hall–Kier alpha value is -2.86. The second kappa shape index (κ2) is 7.81. The number of nitrogens with zero attached hydrogens (tertiary/aromatic N) is 2. The molecule has 2 aromatic carbocycles. The van der Waals surface area contributed by atoms with Crippen LogP contribution in [0.25, 0.3) is 0 Å². The third-order valence-electron chi connectivity index (χ3n) is 3.60. The number of rotatable bonds is 6. The first kappa shape index (κ1) is 17.0. The topological polar surface area (TPSA) is 77.0 Å². The average molecular weight is 358 g/mol. The van der Waals surface area contributed by atoms with Crippen molar-refractivity contribution in [3.05, 3.63) is 91.6 Å². The van der Waals surface area contributed by atoms with Crippen LogP contribution in [-0.4, -0.2) is 14.8 Å². The van der Waals surface area contributed by atoms with Crippen LogP contribution < -0.4 is 16.0 Å². The molecule has 0 spiro atoms. The van der Waals surface area contributed by atoms with E-state index in [1.165, 1.54) is 4.68 Å². The molecule has 0 bridgehead atoms. The third-order valence-corrected chi connectivity index (χ3v) is 3.86. The highest BCUT2D eigenvalue weighted by Crippen LogP contribution is 2.10. The Morgan fingerprint density at radius 3 is 2.44 bits per heavy atom. The molecule has 1 N–H and O–H groups in total. The molecule has 0 saturated heterocycles. The molecule has 0 aliphatic heterocycles. The number of hydrogen-bond donors (Lipinski definition) is 1. The number of aromatic amines is 1. The smallest absolute Gasteiger partial charge is 0.344 e. The lowest BCUT2D eigenvalue weighted by molar-refractivity contribution is 0.275. The lowest BCUT2D eigenvalue weighted by Gasteiger charge is -2.08. The van der Waals surface area contributed by atoms with Crippen molar-refractivity contribution in [1.29, 1.82) is 0 Å². The van der Waals surface area contributed by atoms with Gasteiger partial charge < -0.3 is 4.74 Å². The van der Waals surface area contributed by atoms with Crippen molar-refractivity contribution in [2.75, 3.05) is 0 Å². The van der Waals surface area contributed by atoms with E-state index in [0.717, 1.165) is 11.1 Å². The zero-order valence-corrected chi connectivity index (χ0v) is 14.1. The van der Waals surface area contributed by atoms with Crippen LogP contribution in [0.15, 0.2) is 64.2 Å². The standard InChI is InChI=1S/C18H16ClN3O3/c19-15-8-6-13(7-9-15)10-11-22-18(24)20-16(23)17(21-22)25-12-14-4-2-1-3-5-14/h1-9H,10-12H2,(H,20,23,24). The summed E-state index contributed by atoms with van der Waals surface area (Å²) in [6.45, 7) is 0.519. The minimum absolute atomic E-state index is 0.125. The van der Waals surface area contributed by atoms with Gasteiger partial charge in [0.1, 0.15) is 6.61 Å². The first-order chi connectivity index (χ1) is 12.1. The Morgan fingerprint density at radius 2 is 1.72 bits per heavy atom.